The average molecular weight is 450 g/mol. The van der Waals surface area contributed by atoms with E-state index in [0.717, 1.165) is 36.1 Å². The maximum absolute atomic E-state index is 13.2. The van der Waals surface area contributed by atoms with Crippen molar-refractivity contribution in [3.63, 3.8) is 0 Å². The zero-order chi connectivity index (χ0) is 23.1. The SMILES string of the molecule is COc1ccc(C2/C(=C(/O)c3ccc4c(c3)CC(C)O4)C(=O)C(=O)N2CC2CCCO2)cc1. The van der Waals surface area contributed by atoms with Crippen LogP contribution in [0.4, 0.5) is 0 Å². The third-order valence-electron chi connectivity index (χ3n) is 6.57. The van der Waals surface area contributed by atoms with Crippen molar-refractivity contribution in [2.24, 2.45) is 0 Å². The topological polar surface area (TPSA) is 85.3 Å². The lowest BCUT2D eigenvalue weighted by Gasteiger charge is -2.27. The number of methoxy groups -OCH3 is 1. The standard InChI is InChI=1S/C26H27NO6/c1-15-12-18-13-17(7-10-21(18)33-15)24(28)22-23(16-5-8-19(31-2)9-6-16)27(26(30)25(22)29)14-20-4-3-11-32-20/h5-10,13,15,20,23,28H,3-4,11-12,14H2,1-2H3/b24-22-. The summed E-state index contributed by atoms with van der Waals surface area (Å²) in [6, 6.07) is 11.9. The van der Waals surface area contributed by atoms with Crippen molar-refractivity contribution < 1.29 is 28.9 Å². The van der Waals surface area contributed by atoms with Crippen LogP contribution in [-0.4, -0.2) is 54.2 Å². The molecule has 3 heterocycles. The monoisotopic (exact) mass is 449 g/mol. The quantitative estimate of drug-likeness (QED) is 0.426. The van der Waals surface area contributed by atoms with E-state index in [2.05, 4.69) is 0 Å². The van der Waals surface area contributed by atoms with Gasteiger partial charge in [0.1, 0.15) is 23.4 Å². The van der Waals surface area contributed by atoms with Crippen LogP contribution in [0, 0.1) is 0 Å². The number of hydrogen-bond acceptors (Lipinski definition) is 6. The molecule has 0 saturated carbocycles. The molecule has 3 unspecified atom stereocenters. The number of aliphatic hydroxyl groups is 1. The fourth-order valence-electron chi connectivity index (χ4n) is 4.93. The molecule has 33 heavy (non-hydrogen) atoms. The van der Waals surface area contributed by atoms with Crippen molar-refractivity contribution in [1.29, 1.82) is 0 Å². The molecular formula is C26H27NO6. The maximum Gasteiger partial charge on any atom is 0.295 e. The van der Waals surface area contributed by atoms with Crippen molar-refractivity contribution >= 4 is 17.4 Å². The van der Waals surface area contributed by atoms with Gasteiger partial charge in [-0.05, 0) is 61.2 Å². The zero-order valence-corrected chi connectivity index (χ0v) is 18.7. The van der Waals surface area contributed by atoms with Gasteiger partial charge < -0.3 is 24.2 Å². The fraction of sp³-hybridized carbons (Fsp3) is 0.385. The molecule has 0 radical (unpaired) electrons. The Hall–Kier alpha value is -3.32. The zero-order valence-electron chi connectivity index (χ0n) is 18.7. The van der Waals surface area contributed by atoms with E-state index in [1.54, 1.807) is 31.4 Å². The summed E-state index contributed by atoms with van der Waals surface area (Å²) in [5.74, 6) is -0.0269. The number of carbonyl (C=O) groups excluding carboxylic acids is 2. The molecule has 3 aliphatic rings. The van der Waals surface area contributed by atoms with E-state index in [9.17, 15) is 14.7 Å². The molecule has 0 aromatic heterocycles. The van der Waals surface area contributed by atoms with Gasteiger partial charge in [0.25, 0.3) is 11.7 Å². The molecule has 7 heteroatoms. The molecule has 2 aromatic carbocycles. The first-order chi connectivity index (χ1) is 16.0. The van der Waals surface area contributed by atoms with Crippen molar-refractivity contribution in [3.8, 4) is 11.5 Å². The number of aliphatic hydroxyl groups excluding tert-OH is 1. The minimum atomic E-state index is -0.705. The predicted octanol–water partition coefficient (Wildman–Crippen LogP) is 3.62. The maximum atomic E-state index is 13.2. The highest BCUT2D eigenvalue weighted by molar-refractivity contribution is 6.46. The van der Waals surface area contributed by atoms with Gasteiger partial charge in [0.2, 0.25) is 0 Å². The Labute approximate surface area is 192 Å². The van der Waals surface area contributed by atoms with Gasteiger partial charge >= 0.3 is 0 Å². The highest BCUT2D eigenvalue weighted by Gasteiger charge is 2.47. The summed E-state index contributed by atoms with van der Waals surface area (Å²) >= 11 is 0. The number of Topliss-reactive ketones (excluding diaryl/α,β-unsaturated/α-hetero) is 1. The Morgan fingerprint density at radius 1 is 1.18 bits per heavy atom. The minimum absolute atomic E-state index is 0.0636. The second-order valence-electron chi connectivity index (χ2n) is 8.81. The summed E-state index contributed by atoms with van der Waals surface area (Å²) in [5.41, 5.74) is 2.30. The van der Waals surface area contributed by atoms with E-state index in [1.807, 2.05) is 25.1 Å². The van der Waals surface area contributed by atoms with E-state index in [4.69, 9.17) is 14.2 Å². The largest absolute Gasteiger partial charge is 0.507 e. The molecule has 2 fully saturated rings. The number of rotatable bonds is 5. The van der Waals surface area contributed by atoms with Gasteiger partial charge in [0, 0.05) is 25.1 Å². The van der Waals surface area contributed by atoms with Crippen LogP contribution in [0.5, 0.6) is 11.5 Å². The molecule has 7 nitrogen and oxygen atoms in total. The van der Waals surface area contributed by atoms with Gasteiger partial charge in [-0.15, -0.1) is 0 Å². The first-order valence-corrected chi connectivity index (χ1v) is 11.3. The molecule has 2 aromatic rings. The summed E-state index contributed by atoms with van der Waals surface area (Å²) in [4.78, 5) is 27.8. The van der Waals surface area contributed by atoms with Gasteiger partial charge in [-0.2, -0.15) is 0 Å². The van der Waals surface area contributed by atoms with Crippen LogP contribution in [0.3, 0.4) is 0 Å². The lowest BCUT2D eigenvalue weighted by atomic mass is 9.94. The number of nitrogens with zero attached hydrogens (tertiary/aromatic N) is 1. The molecule has 0 spiro atoms. The van der Waals surface area contributed by atoms with Crippen LogP contribution >= 0.6 is 0 Å². The minimum Gasteiger partial charge on any atom is -0.507 e. The van der Waals surface area contributed by atoms with Gasteiger partial charge in [-0.3, -0.25) is 9.59 Å². The molecule has 0 bridgehead atoms. The molecule has 1 amide bonds. The van der Waals surface area contributed by atoms with E-state index in [-0.39, 0.29) is 23.5 Å². The van der Waals surface area contributed by atoms with Crippen molar-refractivity contribution in [1.82, 2.24) is 4.90 Å². The van der Waals surface area contributed by atoms with Gasteiger partial charge in [0.15, 0.2) is 0 Å². The second-order valence-corrected chi connectivity index (χ2v) is 8.81. The Bertz CT molecular complexity index is 1120. The number of benzene rings is 2. The highest BCUT2D eigenvalue weighted by Crippen LogP contribution is 2.41. The van der Waals surface area contributed by atoms with Gasteiger partial charge in [0.05, 0.1) is 24.8 Å². The third kappa shape index (κ3) is 3.86. The average Bonchev–Trinajstić information content (AvgIpc) is 3.53. The molecule has 5 rings (SSSR count). The Morgan fingerprint density at radius 3 is 2.67 bits per heavy atom. The van der Waals surface area contributed by atoms with Crippen LogP contribution in [-0.2, 0) is 20.7 Å². The highest BCUT2D eigenvalue weighted by atomic mass is 16.5. The lowest BCUT2D eigenvalue weighted by molar-refractivity contribution is -0.140. The van der Waals surface area contributed by atoms with E-state index in [0.29, 0.717) is 24.5 Å². The van der Waals surface area contributed by atoms with E-state index < -0.39 is 17.7 Å². The van der Waals surface area contributed by atoms with Crippen LogP contribution in [0.25, 0.3) is 5.76 Å². The molecule has 3 aliphatic heterocycles. The predicted molar refractivity (Wildman–Crippen MR) is 121 cm³/mol. The molecule has 0 aliphatic carbocycles. The Balaban J connectivity index is 1.59. The summed E-state index contributed by atoms with van der Waals surface area (Å²) in [7, 11) is 1.58. The normalized spacial score (nSPS) is 25.9. The first kappa shape index (κ1) is 21.5. The number of carbonyl (C=O) groups is 2. The summed E-state index contributed by atoms with van der Waals surface area (Å²) in [5, 5.41) is 11.3. The van der Waals surface area contributed by atoms with Crippen LogP contribution < -0.4 is 9.47 Å². The Kier molecular flexibility index (Phi) is 5.58. The van der Waals surface area contributed by atoms with Crippen molar-refractivity contribution in [2.75, 3.05) is 20.3 Å². The molecule has 2 saturated heterocycles. The summed E-state index contributed by atoms with van der Waals surface area (Å²) < 4.78 is 16.8. The first-order valence-electron chi connectivity index (χ1n) is 11.3. The number of ketones is 1. The van der Waals surface area contributed by atoms with Gasteiger partial charge in [-0.25, -0.2) is 0 Å². The van der Waals surface area contributed by atoms with Crippen molar-refractivity contribution in [2.45, 2.75) is 44.4 Å². The third-order valence-corrected chi connectivity index (χ3v) is 6.57. The number of ether oxygens (including phenoxy) is 3. The Morgan fingerprint density at radius 2 is 1.97 bits per heavy atom. The fourth-order valence-corrected chi connectivity index (χ4v) is 4.93. The number of hydrogen-bond donors (Lipinski definition) is 1. The lowest BCUT2D eigenvalue weighted by Crippen LogP contribution is -2.36. The molecule has 3 atom stereocenters. The smallest absolute Gasteiger partial charge is 0.295 e. The summed E-state index contributed by atoms with van der Waals surface area (Å²) in [6.07, 6.45) is 2.43. The van der Waals surface area contributed by atoms with E-state index in [1.165, 1.54) is 4.90 Å². The van der Waals surface area contributed by atoms with Gasteiger partial charge in [-0.1, -0.05) is 12.1 Å². The van der Waals surface area contributed by atoms with Crippen molar-refractivity contribution in [3.05, 3.63) is 64.7 Å². The molecule has 172 valence electrons. The number of fused-ring (bicyclic) bond motifs is 1. The molecular weight excluding hydrogens is 422 g/mol. The van der Waals surface area contributed by atoms with Crippen LogP contribution in [0.2, 0.25) is 0 Å². The molecule has 1 N–H and O–H groups in total. The van der Waals surface area contributed by atoms with E-state index >= 15 is 0 Å². The number of likely N-dealkylation sites (tertiary alicyclic amines) is 1. The van der Waals surface area contributed by atoms with Crippen LogP contribution in [0.15, 0.2) is 48.0 Å². The number of amides is 1. The second kappa shape index (κ2) is 8.56. The summed E-state index contributed by atoms with van der Waals surface area (Å²) in [6.45, 7) is 2.94. The van der Waals surface area contributed by atoms with Crippen LogP contribution in [0.1, 0.15) is 42.5 Å².